The van der Waals surface area contributed by atoms with Gasteiger partial charge in [-0.1, -0.05) is 75.4 Å². The van der Waals surface area contributed by atoms with E-state index >= 15 is 0 Å². The molecule has 1 unspecified atom stereocenters. The Kier molecular flexibility index (Phi) is 7.66. The Labute approximate surface area is 184 Å². The first-order valence-electron chi connectivity index (χ1n) is 10.5. The minimum absolute atomic E-state index is 0.106. The first-order chi connectivity index (χ1) is 14.4. The average Bonchev–Trinajstić information content (AvgIpc) is 2.72. The van der Waals surface area contributed by atoms with E-state index in [1.54, 1.807) is 41.5 Å². The maximum atomic E-state index is 13.0. The van der Waals surface area contributed by atoms with Crippen LogP contribution in [0, 0.1) is 17.2 Å². The maximum Gasteiger partial charge on any atom is 0.360 e. The van der Waals surface area contributed by atoms with Gasteiger partial charge in [-0.15, -0.1) is 0 Å². The first-order valence-corrected chi connectivity index (χ1v) is 10.5. The Hall–Kier alpha value is -3.08. The second-order valence-corrected chi connectivity index (χ2v) is 9.05. The summed E-state index contributed by atoms with van der Waals surface area (Å²) < 4.78 is 5.16. The Morgan fingerprint density at radius 1 is 0.839 bits per heavy atom. The molecule has 5 heteroatoms. The lowest BCUT2D eigenvalue weighted by atomic mass is 9.77. The van der Waals surface area contributed by atoms with Crippen LogP contribution in [0.4, 0.5) is 0 Å². The van der Waals surface area contributed by atoms with Gasteiger partial charge in [0.25, 0.3) is 0 Å². The molecule has 0 bridgehead atoms. The van der Waals surface area contributed by atoms with Crippen molar-refractivity contribution in [1.29, 1.82) is 5.41 Å². The molecule has 5 nitrogen and oxygen atoms in total. The first kappa shape index (κ1) is 24.2. The highest BCUT2D eigenvalue weighted by atomic mass is 16.6. The van der Waals surface area contributed by atoms with Crippen molar-refractivity contribution in [3.8, 4) is 11.1 Å². The third-order valence-electron chi connectivity index (χ3n) is 5.02. The van der Waals surface area contributed by atoms with E-state index in [4.69, 9.17) is 10.1 Å². The van der Waals surface area contributed by atoms with Crippen molar-refractivity contribution < 1.29 is 19.1 Å². The van der Waals surface area contributed by atoms with Gasteiger partial charge in [-0.3, -0.25) is 15.0 Å². The van der Waals surface area contributed by atoms with Crippen LogP contribution in [0.25, 0.3) is 11.1 Å². The molecule has 0 aromatic heterocycles. The fraction of sp³-hybridized carbons (Fsp3) is 0.385. The molecule has 0 spiro atoms. The molecule has 164 valence electrons. The van der Waals surface area contributed by atoms with Gasteiger partial charge in [-0.05, 0) is 37.5 Å². The normalized spacial score (nSPS) is 13.4. The van der Waals surface area contributed by atoms with Gasteiger partial charge in [-0.2, -0.15) is 0 Å². The summed E-state index contributed by atoms with van der Waals surface area (Å²) in [7, 11) is 0. The molecule has 0 aliphatic rings. The van der Waals surface area contributed by atoms with Crippen molar-refractivity contribution in [2.45, 2.75) is 53.1 Å². The number of hydrogen-bond acceptors (Lipinski definition) is 5. The number of ketones is 2. The molecule has 0 heterocycles. The molecule has 0 radical (unpaired) electrons. The standard InChI is InChI=1S/C26H31NO4/c1-16(2)23(28)21(17(3)24(29)22(27)25(30)31-26(4,5)6)20-14-12-19(13-15-20)18-10-8-7-9-11-18/h7-17,21,27H,1-6H3/t17?,21-/m0/s1. The topological polar surface area (TPSA) is 84.3 Å². The zero-order chi connectivity index (χ0) is 23.3. The summed E-state index contributed by atoms with van der Waals surface area (Å²) in [6.45, 7) is 10.2. The molecule has 0 aliphatic heterocycles. The van der Waals surface area contributed by atoms with E-state index in [-0.39, 0.29) is 11.7 Å². The van der Waals surface area contributed by atoms with Crippen LogP contribution in [0.3, 0.4) is 0 Å². The molecule has 2 rings (SSSR count). The van der Waals surface area contributed by atoms with E-state index in [1.807, 2.05) is 54.6 Å². The summed E-state index contributed by atoms with van der Waals surface area (Å²) in [6.07, 6.45) is 0. The number of esters is 1. The Balaban J connectivity index is 2.33. The van der Waals surface area contributed by atoms with Crippen LogP contribution in [-0.2, 0) is 19.1 Å². The zero-order valence-electron chi connectivity index (χ0n) is 19.1. The molecular formula is C26H31NO4. The predicted octanol–water partition coefficient (Wildman–Crippen LogP) is 5.23. The predicted molar refractivity (Wildman–Crippen MR) is 122 cm³/mol. The van der Waals surface area contributed by atoms with E-state index in [9.17, 15) is 14.4 Å². The summed E-state index contributed by atoms with van der Waals surface area (Å²) in [5.74, 6) is -3.69. The number of benzene rings is 2. The zero-order valence-corrected chi connectivity index (χ0v) is 19.1. The van der Waals surface area contributed by atoms with Gasteiger partial charge < -0.3 is 4.74 Å². The van der Waals surface area contributed by atoms with Crippen molar-refractivity contribution in [2.75, 3.05) is 0 Å². The minimum atomic E-state index is -0.973. The lowest BCUT2D eigenvalue weighted by Crippen LogP contribution is -2.38. The van der Waals surface area contributed by atoms with Crippen LogP contribution in [0.5, 0.6) is 0 Å². The number of Topliss-reactive ketones (excluding diaryl/α,β-unsaturated/α-hetero) is 2. The molecule has 31 heavy (non-hydrogen) atoms. The molecule has 2 atom stereocenters. The van der Waals surface area contributed by atoms with Gasteiger partial charge in [0.2, 0.25) is 0 Å². The lowest BCUT2D eigenvalue weighted by Gasteiger charge is -2.25. The number of carbonyl (C=O) groups is 3. The summed E-state index contributed by atoms with van der Waals surface area (Å²) in [4.78, 5) is 38.2. The van der Waals surface area contributed by atoms with Gasteiger partial charge in [-0.25, -0.2) is 4.79 Å². The SMILES string of the molecule is CC(C)C(=O)[C@H](c1ccc(-c2ccccc2)cc1)C(C)C(=O)C(=N)C(=O)OC(C)(C)C. The third-order valence-corrected chi connectivity index (χ3v) is 5.02. The van der Waals surface area contributed by atoms with Crippen molar-refractivity contribution in [2.24, 2.45) is 11.8 Å². The number of rotatable bonds is 8. The van der Waals surface area contributed by atoms with E-state index in [2.05, 4.69) is 0 Å². The second kappa shape index (κ2) is 9.82. The summed E-state index contributed by atoms with van der Waals surface area (Å²) in [5, 5.41) is 8.03. The molecule has 0 aliphatic carbocycles. The molecule has 0 saturated heterocycles. The van der Waals surface area contributed by atoms with Crippen molar-refractivity contribution >= 4 is 23.2 Å². The average molecular weight is 422 g/mol. The van der Waals surface area contributed by atoms with Gasteiger partial charge >= 0.3 is 5.97 Å². The van der Waals surface area contributed by atoms with Crippen LogP contribution in [-0.4, -0.2) is 28.8 Å². The fourth-order valence-corrected chi connectivity index (χ4v) is 3.38. The van der Waals surface area contributed by atoms with Crippen molar-refractivity contribution in [3.63, 3.8) is 0 Å². The van der Waals surface area contributed by atoms with E-state index < -0.39 is 34.9 Å². The molecule has 2 aromatic carbocycles. The molecule has 2 aromatic rings. The van der Waals surface area contributed by atoms with Crippen LogP contribution >= 0.6 is 0 Å². The number of carbonyl (C=O) groups excluding carboxylic acids is 3. The maximum absolute atomic E-state index is 13.0. The highest BCUT2D eigenvalue weighted by Crippen LogP contribution is 2.31. The van der Waals surface area contributed by atoms with Gasteiger partial charge in [0.05, 0.1) is 5.92 Å². The molecular weight excluding hydrogens is 390 g/mol. The highest BCUT2D eigenvalue weighted by Gasteiger charge is 2.37. The largest absolute Gasteiger partial charge is 0.455 e. The molecule has 0 fully saturated rings. The molecule has 0 amide bonds. The van der Waals surface area contributed by atoms with Gasteiger partial charge in [0.1, 0.15) is 11.4 Å². The van der Waals surface area contributed by atoms with Crippen LogP contribution in [0.15, 0.2) is 54.6 Å². The van der Waals surface area contributed by atoms with Gasteiger partial charge in [0, 0.05) is 11.8 Å². The van der Waals surface area contributed by atoms with Crippen LogP contribution in [0.2, 0.25) is 0 Å². The van der Waals surface area contributed by atoms with E-state index in [1.165, 1.54) is 0 Å². The fourth-order valence-electron chi connectivity index (χ4n) is 3.38. The Morgan fingerprint density at radius 2 is 1.35 bits per heavy atom. The number of nitrogens with one attached hydrogen (secondary N) is 1. The second-order valence-electron chi connectivity index (χ2n) is 9.05. The highest BCUT2D eigenvalue weighted by molar-refractivity contribution is 6.63. The Bertz CT molecular complexity index is 953. The van der Waals surface area contributed by atoms with E-state index in [0.717, 1.165) is 11.1 Å². The summed E-state index contributed by atoms with van der Waals surface area (Å²) in [5.41, 5.74) is 1.20. The van der Waals surface area contributed by atoms with E-state index in [0.29, 0.717) is 5.56 Å². The van der Waals surface area contributed by atoms with Crippen LogP contribution < -0.4 is 0 Å². The number of hydrogen-bond donors (Lipinski definition) is 1. The smallest absolute Gasteiger partial charge is 0.360 e. The van der Waals surface area contributed by atoms with Crippen molar-refractivity contribution in [3.05, 3.63) is 60.2 Å². The minimum Gasteiger partial charge on any atom is -0.455 e. The Morgan fingerprint density at radius 3 is 1.84 bits per heavy atom. The number of ether oxygens (including phenoxy) is 1. The summed E-state index contributed by atoms with van der Waals surface area (Å²) >= 11 is 0. The molecule has 0 saturated carbocycles. The lowest BCUT2D eigenvalue weighted by molar-refractivity contribution is -0.147. The monoisotopic (exact) mass is 421 g/mol. The third kappa shape index (κ3) is 6.20. The van der Waals surface area contributed by atoms with Gasteiger partial charge in [0.15, 0.2) is 11.5 Å². The van der Waals surface area contributed by atoms with Crippen LogP contribution in [0.1, 0.15) is 53.0 Å². The van der Waals surface area contributed by atoms with Crippen molar-refractivity contribution in [1.82, 2.24) is 0 Å². The summed E-state index contributed by atoms with van der Waals surface area (Å²) in [6, 6.07) is 17.4. The molecule has 1 N–H and O–H groups in total. The quantitative estimate of drug-likeness (QED) is 0.359.